The molecule has 0 heterocycles. The molecule has 0 aliphatic rings. The van der Waals surface area contributed by atoms with Crippen LogP contribution in [-0.2, 0) is 4.79 Å². The number of carbonyl (C=O) groups is 1. The molecule has 7 heteroatoms. The van der Waals surface area contributed by atoms with E-state index in [1.54, 1.807) is 0 Å². The highest BCUT2D eigenvalue weighted by atomic mass is 19.4. The van der Waals surface area contributed by atoms with Gasteiger partial charge in [-0.2, -0.15) is 13.2 Å². The van der Waals surface area contributed by atoms with Crippen molar-refractivity contribution in [2.75, 3.05) is 12.4 Å². The molecule has 0 aliphatic carbocycles. The highest BCUT2D eigenvalue weighted by molar-refractivity contribution is 5.95. The van der Waals surface area contributed by atoms with Crippen LogP contribution in [0.25, 0.3) is 0 Å². The summed E-state index contributed by atoms with van der Waals surface area (Å²) in [4.78, 5) is 10.5. The third-order valence-corrected chi connectivity index (χ3v) is 1.68. The Morgan fingerprint density at radius 2 is 2.00 bits per heavy atom. The lowest BCUT2D eigenvalue weighted by molar-refractivity contribution is -0.167. The predicted molar refractivity (Wildman–Crippen MR) is 47.6 cm³/mol. The molecule has 0 fully saturated rings. The Morgan fingerprint density at radius 3 is 2.50 bits per heavy atom. The van der Waals surface area contributed by atoms with Crippen LogP contribution in [0.5, 0.6) is 5.75 Å². The van der Waals surface area contributed by atoms with E-state index in [9.17, 15) is 22.4 Å². The number of rotatable bonds is 2. The van der Waals surface area contributed by atoms with Crippen molar-refractivity contribution in [3.8, 4) is 5.75 Å². The molecule has 0 unspecified atom stereocenters. The van der Waals surface area contributed by atoms with Crippen molar-refractivity contribution >= 4 is 11.6 Å². The molecule has 1 amide bonds. The van der Waals surface area contributed by atoms with Gasteiger partial charge in [-0.15, -0.1) is 0 Å². The molecule has 0 bridgehead atoms. The lowest BCUT2D eigenvalue weighted by Crippen LogP contribution is -2.30. The number of carbonyl (C=O) groups excluding carboxylic acids is 1. The zero-order valence-electron chi connectivity index (χ0n) is 8.06. The van der Waals surface area contributed by atoms with E-state index in [1.807, 2.05) is 0 Å². The molecule has 0 radical (unpaired) electrons. The molecule has 88 valence electrons. The molecule has 3 nitrogen and oxygen atoms in total. The summed E-state index contributed by atoms with van der Waals surface area (Å²) in [6, 6.07) is 3.07. The Labute approximate surface area is 88.0 Å². The van der Waals surface area contributed by atoms with E-state index in [2.05, 4.69) is 4.74 Å². The van der Waals surface area contributed by atoms with E-state index < -0.39 is 23.6 Å². The van der Waals surface area contributed by atoms with Gasteiger partial charge in [-0.05, 0) is 12.1 Å². The van der Waals surface area contributed by atoms with Gasteiger partial charge in [0.2, 0.25) is 0 Å². The molecule has 0 atom stereocenters. The van der Waals surface area contributed by atoms with Crippen molar-refractivity contribution in [3.63, 3.8) is 0 Å². The van der Waals surface area contributed by atoms with Crippen molar-refractivity contribution in [1.82, 2.24) is 0 Å². The van der Waals surface area contributed by atoms with Crippen LogP contribution in [0.15, 0.2) is 18.2 Å². The highest BCUT2D eigenvalue weighted by Crippen LogP contribution is 2.23. The normalized spacial score (nSPS) is 11.1. The number of ether oxygens (including phenoxy) is 1. The topological polar surface area (TPSA) is 38.3 Å². The first-order valence-corrected chi connectivity index (χ1v) is 4.06. The van der Waals surface area contributed by atoms with Gasteiger partial charge in [0.05, 0.1) is 12.8 Å². The number of hydrogen-bond acceptors (Lipinski definition) is 2. The fraction of sp³-hybridized carbons (Fsp3) is 0.222. The smallest absolute Gasteiger partial charge is 0.471 e. The predicted octanol–water partition coefficient (Wildman–Crippen LogP) is 2.34. The van der Waals surface area contributed by atoms with Crippen LogP contribution >= 0.6 is 0 Å². The van der Waals surface area contributed by atoms with Gasteiger partial charge >= 0.3 is 12.1 Å². The second-order valence-electron chi connectivity index (χ2n) is 2.80. The van der Waals surface area contributed by atoms with Crippen molar-refractivity contribution in [3.05, 3.63) is 24.0 Å². The summed E-state index contributed by atoms with van der Waals surface area (Å²) in [5, 5.41) is 1.41. The first-order chi connectivity index (χ1) is 7.34. The van der Waals surface area contributed by atoms with Crippen LogP contribution in [0, 0.1) is 5.82 Å². The highest BCUT2D eigenvalue weighted by Gasteiger charge is 2.39. The van der Waals surface area contributed by atoms with Crippen LogP contribution in [-0.4, -0.2) is 19.2 Å². The van der Waals surface area contributed by atoms with E-state index in [4.69, 9.17) is 0 Å². The first kappa shape index (κ1) is 12.3. The molecule has 16 heavy (non-hydrogen) atoms. The van der Waals surface area contributed by atoms with Gasteiger partial charge < -0.3 is 10.1 Å². The maximum absolute atomic E-state index is 13.0. The Balaban J connectivity index is 2.92. The summed E-state index contributed by atoms with van der Waals surface area (Å²) in [5.41, 5.74) is -0.582. The van der Waals surface area contributed by atoms with Crippen molar-refractivity contribution in [2.24, 2.45) is 0 Å². The zero-order chi connectivity index (χ0) is 12.3. The summed E-state index contributed by atoms with van der Waals surface area (Å²) in [6.45, 7) is 0. The quantitative estimate of drug-likeness (QED) is 0.801. The lowest BCUT2D eigenvalue weighted by atomic mass is 10.3. The van der Waals surface area contributed by atoms with Crippen LogP contribution < -0.4 is 10.1 Å². The number of hydrogen-bond donors (Lipinski definition) is 1. The third kappa shape index (κ3) is 2.85. The molecular weight excluding hydrogens is 230 g/mol. The van der Waals surface area contributed by atoms with Gasteiger partial charge in [0.1, 0.15) is 11.6 Å². The van der Waals surface area contributed by atoms with Gasteiger partial charge in [-0.3, -0.25) is 4.79 Å². The minimum Gasteiger partial charge on any atom is -0.497 e. The maximum atomic E-state index is 13.0. The SMILES string of the molecule is COc1ccc(F)c(NC(=O)C(F)(F)F)c1. The Bertz CT molecular complexity index is 403. The Kier molecular flexibility index (Phi) is 3.36. The number of halogens is 4. The third-order valence-electron chi connectivity index (χ3n) is 1.68. The average Bonchev–Trinajstić information content (AvgIpc) is 2.19. The summed E-state index contributed by atoms with van der Waals surface area (Å²) in [7, 11) is 1.27. The van der Waals surface area contributed by atoms with E-state index >= 15 is 0 Å². The average molecular weight is 237 g/mol. The molecular formula is C9H7F4NO2. The second kappa shape index (κ2) is 4.38. The number of alkyl halides is 3. The minimum atomic E-state index is -5.06. The van der Waals surface area contributed by atoms with Crippen LogP contribution in [0.2, 0.25) is 0 Å². The van der Waals surface area contributed by atoms with Crippen LogP contribution in [0.3, 0.4) is 0 Å². The molecule has 0 saturated carbocycles. The molecule has 1 N–H and O–H groups in total. The Morgan fingerprint density at radius 1 is 1.38 bits per heavy atom. The lowest BCUT2D eigenvalue weighted by Gasteiger charge is -2.09. The summed E-state index contributed by atoms with van der Waals surface area (Å²) in [5.74, 6) is -3.07. The Hall–Kier alpha value is -1.79. The fourth-order valence-corrected chi connectivity index (χ4v) is 0.920. The molecule has 1 aromatic rings. The van der Waals surface area contributed by atoms with E-state index in [1.165, 1.54) is 18.5 Å². The summed E-state index contributed by atoms with van der Waals surface area (Å²) >= 11 is 0. The summed E-state index contributed by atoms with van der Waals surface area (Å²) in [6.07, 6.45) is -5.06. The molecule has 0 spiro atoms. The minimum absolute atomic E-state index is 0.138. The van der Waals surface area contributed by atoms with Gasteiger partial charge in [0.25, 0.3) is 0 Å². The van der Waals surface area contributed by atoms with Gasteiger partial charge in [0.15, 0.2) is 0 Å². The van der Waals surface area contributed by atoms with E-state index in [-0.39, 0.29) is 5.75 Å². The van der Waals surface area contributed by atoms with Gasteiger partial charge in [-0.25, -0.2) is 4.39 Å². The fourth-order valence-electron chi connectivity index (χ4n) is 0.920. The first-order valence-electron chi connectivity index (χ1n) is 4.06. The van der Waals surface area contributed by atoms with E-state index in [0.29, 0.717) is 0 Å². The van der Waals surface area contributed by atoms with Crippen molar-refractivity contribution < 1.29 is 27.1 Å². The van der Waals surface area contributed by atoms with Crippen LogP contribution in [0.4, 0.5) is 23.2 Å². The number of amides is 1. The molecule has 1 aromatic carbocycles. The van der Waals surface area contributed by atoms with Crippen molar-refractivity contribution in [2.45, 2.75) is 6.18 Å². The molecule has 0 saturated heterocycles. The molecule has 0 aliphatic heterocycles. The second-order valence-corrected chi connectivity index (χ2v) is 2.80. The largest absolute Gasteiger partial charge is 0.497 e. The van der Waals surface area contributed by atoms with Crippen molar-refractivity contribution in [1.29, 1.82) is 0 Å². The number of methoxy groups -OCH3 is 1. The number of anilines is 1. The number of benzene rings is 1. The zero-order valence-corrected chi connectivity index (χ0v) is 8.06. The van der Waals surface area contributed by atoms with Gasteiger partial charge in [-0.1, -0.05) is 0 Å². The summed E-state index contributed by atoms with van der Waals surface area (Å²) < 4.78 is 53.3. The molecule has 1 rings (SSSR count). The van der Waals surface area contributed by atoms with Gasteiger partial charge in [0, 0.05) is 6.07 Å². The molecule has 0 aromatic heterocycles. The monoisotopic (exact) mass is 237 g/mol. The number of nitrogens with one attached hydrogen (secondary N) is 1. The standard InChI is InChI=1S/C9H7F4NO2/c1-16-5-2-3-6(10)7(4-5)14-8(15)9(11,12)13/h2-4H,1H3,(H,14,15). The van der Waals surface area contributed by atoms with Crippen LogP contribution in [0.1, 0.15) is 0 Å². The maximum Gasteiger partial charge on any atom is 0.471 e. The van der Waals surface area contributed by atoms with E-state index in [0.717, 1.165) is 12.1 Å².